The minimum absolute atomic E-state index is 0.112. The van der Waals surface area contributed by atoms with Crippen LogP contribution >= 0.6 is 0 Å². The number of hydrogen-bond donors (Lipinski definition) is 2. The zero-order valence-corrected chi connectivity index (χ0v) is 17.9. The molecule has 0 aliphatic heterocycles. The third kappa shape index (κ3) is 7.71. The lowest BCUT2D eigenvalue weighted by Gasteiger charge is -2.26. The van der Waals surface area contributed by atoms with Gasteiger partial charge >= 0.3 is 0 Å². The average molecular weight is 401 g/mol. The van der Waals surface area contributed by atoms with Gasteiger partial charge in [-0.15, -0.1) is 0 Å². The second kappa shape index (κ2) is 12.5. The van der Waals surface area contributed by atoms with Gasteiger partial charge in [0, 0.05) is 18.6 Å². The van der Waals surface area contributed by atoms with Crippen LogP contribution in [0.5, 0.6) is 11.5 Å². The summed E-state index contributed by atoms with van der Waals surface area (Å²) in [5.41, 5.74) is 2.37. The summed E-state index contributed by atoms with van der Waals surface area (Å²) in [5, 5.41) is 17.6. The van der Waals surface area contributed by atoms with Crippen LogP contribution in [0, 0.1) is 0 Å². The van der Waals surface area contributed by atoms with Crippen molar-refractivity contribution in [2.75, 3.05) is 26.4 Å². The molecule has 0 aromatic heterocycles. The lowest BCUT2D eigenvalue weighted by molar-refractivity contribution is 0.265. The zero-order valence-electron chi connectivity index (χ0n) is 17.9. The predicted octanol–water partition coefficient (Wildman–Crippen LogP) is 5.10. The summed E-state index contributed by atoms with van der Waals surface area (Å²) in [7, 11) is 0. The standard InChI is InChI=1S/C25H36O4/c1-25(2,21-9-13-23(14-10-21)28-19-7-3-5-17-26)22-11-15-24(16-12-22)29-20-8-4-6-18-27/h9-16,26-27H,3-8,17-20H2,1-2H3. The summed E-state index contributed by atoms with van der Waals surface area (Å²) in [6.07, 6.45) is 5.58. The lowest BCUT2D eigenvalue weighted by Crippen LogP contribution is -2.18. The van der Waals surface area contributed by atoms with Crippen molar-refractivity contribution in [1.29, 1.82) is 0 Å². The van der Waals surface area contributed by atoms with E-state index < -0.39 is 0 Å². The SMILES string of the molecule is CC(C)(c1ccc(OCCCCCO)cc1)c1ccc(OCCCCCO)cc1. The van der Waals surface area contributed by atoms with Crippen molar-refractivity contribution in [2.24, 2.45) is 0 Å². The van der Waals surface area contributed by atoms with Crippen LogP contribution in [0.2, 0.25) is 0 Å². The Morgan fingerprint density at radius 1 is 0.586 bits per heavy atom. The Balaban J connectivity index is 1.88. The quantitative estimate of drug-likeness (QED) is 0.433. The highest BCUT2D eigenvalue weighted by Crippen LogP contribution is 2.33. The molecule has 0 aliphatic carbocycles. The fourth-order valence-corrected chi connectivity index (χ4v) is 3.26. The molecule has 0 atom stereocenters. The summed E-state index contributed by atoms with van der Waals surface area (Å²) < 4.78 is 11.6. The van der Waals surface area contributed by atoms with Gasteiger partial charge in [-0.1, -0.05) is 38.1 Å². The summed E-state index contributed by atoms with van der Waals surface area (Å²) in [4.78, 5) is 0. The molecule has 0 spiro atoms. The molecule has 0 radical (unpaired) electrons. The Morgan fingerprint density at radius 3 is 1.31 bits per heavy atom. The molecule has 2 N–H and O–H groups in total. The number of unbranched alkanes of at least 4 members (excludes halogenated alkanes) is 4. The van der Waals surface area contributed by atoms with Gasteiger partial charge in [0.15, 0.2) is 0 Å². The summed E-state index contributed by atoms with van der Waals surface area (Å²) >= 11 is 0. The van der Waals surface area contributed by atoms with Gasteiger partial charge in [0.05, 0.1) is 13.2 Å². The molecule has 160 valence electrons. The highest BCUT2D eigenvalue weighted by Gasteiger charge is 2.23. The first kappa shape index (κ1) is 23.2. The van der Waals surface area contributed by atoms with Crippen LogP contribution in [0.3, 0.4) is 0 Å². The third-order valence-corrected chi connectivity index (χ3v) is 5.29. The van der Waals surface area contributed by atoms with E-state index in [1.165, 1.54) is 11.1 Å². The molecule has 0 amide bonds. The van der Waals surface area contributed by atoms with Crippen LogP contribution in [-0.2, 0) is 5.41 Å². The monoisotopic (exact) mass is 400 g/mol. The minimum atomic E-state index is -0.112. The molecule has 0 heterocycles. The molecule has 29 heavy (non-hydrogen) atoms. The molecule has 0 saturated carbocycles. The number of benzene rings is 2. The zero-order chi connectivity index (χ0) is 21.0. The van der Waals surface area contributed by atoms with Crippen LogP contribution < -0.4 is 9.47 Å². The Bertz CT molecular complexity index is 617. The van der Waals surface area contributed by atoms with Crippen molar-refractivity contribution in [3.05, 3.63) is 59.7 Å². The van der Waals surface area contributed by atoms with Gasteiger partial charge in [0.2, 0.25) is 0 Å². The highest BCUT2D eigenvalue weighted by atomic mass is 16.5. The molecule has 2 aromatic rings. The number of hydrogen-bond acceptors (Lipinski definition) is 4. The maximum atomic E-state index is 8.81. The maximum Gasteiger partial charge on any atom is 0.119 e. The van der Waals surface area contributed by atoms with Crippen molar-refractivity contribution in [2.45, 2.75) is 57.8 Å². The van der Waals surface area contributed by atoms with Gasteiger partial charge in [0.1, 0.15) is 11.5 Å². The van der Waals surface area contributed by atoms with Crippen LogP contribution in [0.4, 0.5) is 0 Å². The van der Waals surface area contributed by atoms with E-state index in [9.17, 15) is 0 Å². The van der Waals surface area contributed by atoms with Crippen molar-refractivity contribution in [1.82, 2.24) is 0 Å². The maximum absolute atomic E-state index is 8.81. The highest BCUT2D eigenvalue weighted by molar-refractivity contribution is 5.41. The van der Waals surface area contributed by atoms with E-state index in [0.29, 0.717) is 13.2 Å². The summed E-state index contributed by atoms with van der Waals surface area (Å²) in [6.45, 7) is 6.32. The van der Waals surface area contributed by atoms with Gasteiger partial charge in [-0.3, -0.25) is 0 Å². The van der Waals surface area contributed by atoms with E-state index in [1.807, 2.05) is 24.3 Å². The molecule has 0 fully saturated rings. The Morgan fingerprint density at radius 2 is 0.966 bits per heavy atom. The fourth-order valence-electron chi connectivity index (χ4n) is 3.26. The fraction of sp³-hybridized carbons (Fsp3) is 0.520. The van der Waals surface area contributed by atoms with E-state index in [0.717, 1.165) is 50.0 Å². The van der Waals surface area contributed by atoms with Gasteiger partial charge in [-0.2, -0.15) is 0 Å². The molecule has 2 aromatic carbocycles. The van der Waals surface area contributed by atoms with Crippen LogP contribution in [0.25, 0.3) is 0 Å². The molecule has 0 saturated heterocycles. The first-order valence-electron chi connectivity index (χ1n) is 10.8. The van der Waals surface area contributed by atoms with Gasteiger partial charge in [-0.25, -0.2) is 0 Å². The topological polar surface area (TPSA) is 58.9 Å². The number of ether oxygens (including phenoxy) is 2. The van der Waals surface area contributed by atoms with Crippen molar-refractivity contribution < 1.29 is 19.7 Å². The smallest absolute Gasteiger partial charge is 0.119 e. The third-order valence-electron chi connectivity index (χ3n) is 5.29. The van der Waals surface area contributed by atoms with Crippen molar-refractivity contribution in [3.63, 3.8) is 0 Å². The molecule has 0 unspecified atom stereocenters. The molecular weight excluding hydrogens is 364 g/mol. The van der Waals surface area contributed by atoms with Crippen LogP contribution in [-0.4, -0.2) is 36.6 Å². The summed E-state index contributed by atoms with van der Waals surface area (Å²) in [6, 6.07) is 16.7. The molecule has 0 aliphatic rings. The Kier molecular flexibility index (Phi) is 10.0. The minimum Gasteiger partial charge on any atom is -0.494 e. The normalized spacial score (nSPS) is 11.4. The Hall–Kier alpha value is -2.04. The number of aliphatic hydroxyl groups is 2. The second-order valence-electron chi connectivity index (χ2n) is 7.94. The predicted molar refractivity (Wildman–Crippen MR) is 118 cm³/mol. The van der Waals surface area contributed by atoms with Crippen LogP contribution in [0.1, 0.15) is 63.5 Å². The van der Waals surface area contributed by atoms with Crippen LogP contribution in [0.15, 0.2) is 48.5 Å². The van der Waals surface area contributed by atoms with Crippen molar-refractivity contribution in [3.8, 4) is 11.5 Å². The van der Waals surface area contributed by atoms with E-state index in [1.54, 1.807) is 0 Å². The number of rotatable bonds is 14. The van der Waals surface area contributed by atoms with Gasteiger partial charge < -0.3 is 19.7 Å². The second-order valence-corrected chi connectivity index (χ2v) is 7.94. The molecule has 4 nitrogen and oxygen atoms in total. The van der Waals surface area contributed by atoms with E-state index in [2.05, 4.69) is 38.1 Å². The molecular formula is C25H36O4. The van der Waals surface area contributed by atoms with E-state index in [-0.39, 0.29) is 18.6 Å². The van der Waals surface area contributed by atoms with Gasteiger partial charge in [0.25, 0.3) is 0 Å². The van der Waals surface area contributed by atoms with E-state index >= 15 is 0 Å². The lowest BCUT2D eigenvalue weighted by atomic mass is 9.78. The van der Waals surface area contributed by atoms with E-state index in [4.69, 9.17) is 19.7 Å². The first-order valence-corrected chi connectivity index (χ1v) is 10.8. The summed E-state index contributed by atoms with van der Waals surface area (Å²) in [5.74, 6) is 1.77. The molecule has 0 bridgehead atoms. The average Bonchev–Trinajstić information content (AvgIpc) is 2.74. The van der Waals surface area contributed by atoms with Gasteiger partial charge in [-0.05, 0) is 73.9 Å². The largest absolute Gasteiger partial charge is 0.494 e. The number of aliphatic hydroxyl groups excluding tert-OH is 2. The first-order chi connectivity index (χ1) is 14.1. The molecule has 4 heteroatoms. The van der Waals surface area contributed by atoms with Crippen molar-refractivity contribution >= 4 is 0 Å². The molecule has 2 rings (SSSR count). The Labute approximate surface area is 175 Å².